The van der Waals surface area contributed by atoms with E-state index in [9.17, 15) is 53.7 Å². The largest absolute Gasteiger partial charge is 0.508 e. The number of aliphatic carboxylic acids is 2. The second kappa shape index (κ2) is 21.0. The summed E-state index contributed by atoms with van der Waals surface area (Å²) in [4.78, 5) is 101. The van der Waals surface area contributed by atoms with Gasteiger partial charge in [-0.05, 0) is 42.4 Å². The van der Waals surface area contributed by atoms with Crippen molar-refractivity contribution < 1.29 is 58.8 Å². The number of carboxylic acids is 2. The number of benzene rings is 1. The Bertz CT molecular complexity index is 1400. The minimum absolute atomic E-state index is 0.0379. The van der Waals surface area contributed by atoms with Gasteiger partial charge in [0.1, 0.15) is 42.0 Å². The molecule has 19 heteroatoms. The molecule has 0 aliphatic heterocycles. The highest BCUT2D eigenvalue weighted by molar-refractivity contribution is 5.98. The second-order valence-electron chi connectivity index (χ2n) is 12.7. The number of hydrogen-bond donors (Lipinski definition) is 11. The highest BCUT2D eigenvalue weighted by atomic mass is 16.4. The van der Waals surface area contributed by atoms with Gasteiger partial charge in [0, 0.05) is 12.8 Å². The van der Waals surface area contributed by atoms with Crippen LogP contribution in [0.15, 0.2) is 24.3 Å². The van der Waals surface area contributed by atoms with Crippen LogP contribution in [0.5, 0.6) is 5.75 Å². The molecule has 13 N–H and O–H groups in total. The van der Waals surface area contributed by atoms with Crippen LogP contribution in [0.4, 0.5) is 0 Å². The summed E-state index contributed by atoms with van der Waals surface area (Å²) in [6, 6.07) is -3.20. The first-order valence-corrected chi connectivity index (χ1v) is 16.1. The number of primary amides is 1. The highest BCUT2D eigenvalue weighted by Crippen LogP contribution is 2.13. The third-order valence-electron chi connectivity index (χ3n) is 7.43. The van der Waals surface area contributed by atoms with Crippen molar-refractivity contribution in [3.63, 3.8) is 0 Å². The average Bonchev–Trinajstić information content (AvgIpc) is 3.03. The van der Waals surface area contributed by atoms with E-state index in [2.05, 4.69) is 26.6 Å². The van der Waals surface area contributed by atoms with Crippen molar-refractivity contribution in [1.29, 1.82) is 0 Å². The van der Waals surface area contributed by atoms with Crippen molar-refractivity contribution >= 4 is 47.4 Å². The maximum absolute atomic E-state index is 13.6. The van der Waals surface area contributed by atoms with Gasteiger partial charge in [-0.1, -0.05) is 39.8 Å². The van der Waals surface area contributed by atoms with Crippen LogP contribution in [-0.4, -0.2) is 111 Å². The van der Waals surface area contributed by atoms with Gasteiger partial charge >= 0.3 is 11.9 Å². The van der Waals surface area contributed by atoms with Crippen molar-refractivity contribution in [1.82, 2.24) is 26.6 Å². The molecule has 51 heavy (non-hydrogen) atoms. The van der Waals surface area contributed by atoms with Gasteiger partial charge in [0.25, 0.3) is 0 Å². The number of amides is 6. The van der Waals surface area contributed by atoms with Gasteiger partial charge in [0.15, 0.2) is 0 Å². The molecule has 1 rings (SSSR count). The number of carbonyl (C=O) groups excluding carboxylic acids is 6. The fourth-order valence-corrected chi connectivity index (χ4v) is 4.67. The summed E-state index contributed by atoms with van der Waals surface area (Å²) in [6.07, 6.45) is -2.05. The van der Waals surface area contributed by atoms with Gasteiger partial charge in [-0.25, -0.2) is 4.79 Å². The number of nitrogens with two attached hydrogens (primary N) is 2. The second-order valence-corrected chi connectivity index (χ2v) is 12.7. The van der Waals surface area contributed by atoms with Gasteiger partial charge in [0.2, 0.25) is 35.4 Å². The number of aromatic hydroxyl groups is 1. The number of phenolic OH excluding ortho intramolecular Hbond substituents is 1. The van der Waals surface area contributed by atoms with E-state index in [0.717, 1.165) is 0 Å². The number of hydrogen-bond acceptors (Lipinski definition) is 11. The Labute approximate surface area is 294 Å². The van der Waals surface area contributed by atoms with Gasteiger partial charge in [-0.15, -0.1) is 0 Å². The predicted molar refractivity (Wildman–Crippen MR) is 179 cm³/mol. The van der Waals surface area contributed by atoms with E-state index in [1.807, 2.05) is 0 Å². The number of carboxylic acid groups (broad SMARTS) is 2. The summed E-state index contributed by atoms with van der Waals surface area (Å²) < 4.78 is 0. The minimum Gasteiger partial charge on any atom is -0.508 e. The van der Waals surface area contributed by atoms with Crippen LogP contribution in [0.1, 0.15) is 58.9 Å². The SMILES string of the molecule is CC(C)C[C@H](NC(=O)[C@@H](NC(=O)[C@@H](N)CO)C(C)C)C(=O)N[C@@H](CC(N)=O)C(=O)N[C@@H](Cc1ccc(O)cc1)C(=O)N[C@@H](CCC(=O)O)C(=O)O. The number of rotatable bonds is 22. The molecule has 0 bridgehead atoms. The number of carbonyl (C=O) groups is 8. The fraction of sp³-hybridized carbons (Fsp3) is 0.562. The Morgan fingerprint density at radius 3 is 1.71 bits per heavy atom. The molecule has 19 nitrogen and oxygen atoms in total. The smallest absolute Gasteiger partial charge is 0.326 e. The lowest BCUT2D eigenvalue weighted by Crippen LogP contribution is -2.60. The van der Waals surface area contributed by atoms with Crippen molar-refractivity contribution in [3.05, 3.63) is 29.8 Å². The van der Waals surface area contributed by atoms with Crippen LogP contribution >= 0.6 is 0 Å². The Balaban J connectivity index is 3.35. The molecular weight excluding hydrogens is 674 g/mol. The van der Waals surface area contributed by atoms with Crippen LogP contribution in [0.3, 0.4) is 0 Å². The van der Waals surface area contributed by atoms with Crippen molar-refractivity contribution in [2.75, 3.05) is 6.61 Å². The maximum Gasteiger partial charge on any atom is 0.326 e. The van der Waals surface area contributed by atoms with Crippen LogP contribution in [0.2, 0.25) is 0 Å². The predicted octanol–water partition coefficient (Wildman–Crippen LogP) is -2.79. The monoisotopic (exact) mass is 723 g/mol. The Morgan fingerprint density at radius 1 is 0.706 bits per heavy atom. The molecule has 0 aliphatic carbocycles. The molecule has 6 amide bonds. The summed E-state index contributed by atoms with van der Waals surface area (Å²) in [6.45, 7) is 6.05. The summed E-state index contributed by atoms with van der Waals surface area (Å²) in [5, 5.41) is 49.3. The van der Waals surface area contributed by atoms with E-state index in [1.54, 1.807) is 27.7 Å². The lowest BCUT2D eigenvalue weighted by atomic mass is 9.99. The van der Waals surface area contributed by atoms with E-state index in [0.29, 0.717) is 5.56 Å². The Morgan fingerprint density at radius 2 is 1.22 bits per heavy atom. The van der Waals surface area contributed by atoms with Crippen LogP contribution in [0.25, 0.3) is 0 Å². The van der Waals surface area contributed by atoms with E-state index >= 15 is 0 Å². The quantitative estimate of drug-likeness (QED) is 0.0577. The first-order valence-electron chi connectivity index (χ1n) is 16.1. The molecule has 0 radical (unpaired) electrons. The zero-order valence-corrected chi connectivity index (χ0v) is 28.9. The van der Waals surface area contributed by atoms with Gasteiger partial charge in [-0.3, -0.25) is 33.6 Å². The Hall–Kier alpha value is -5.30. The zero-order chi connectivity index (χ0) is 39.0. The highest BCUT2D eigenvalue weighted by Gasteiger charge is 2.34. The third kappa shape index (κ3) is 15.9. The van der Waals surface area contributed by atoms with Crippen molar-refractivity contribution in [2.45, 2.75) is 96.1 Å². The summed E-state index contributed by atoms with van der Waals surface area (Å²) in [7, 11) is 0. The molecule has 1 aromatic rings. The van der Waals surface area contributed by atoms with Crippen LogP contribution in [-0.2, 0) is 44.8 Å². The molecule has 284 valence electrons. The van der Waals surface area contributed by atoms with Crippen LogP contribution in [0, 0.1) is 11.8 Å². The molecule has 6 atom stereocenters. The topological polar surface area (TPSA) is 330 Å². The molecule has 0 unspecified atom stereocenters. The van der Waals surface area contributed by atoms with E-state index in [4.69, 9.17) is 16.6 Å². The normalized spacial score (nSPS) is 14.6. The number of aliphatic hydroxyl groups excluding tert-OH is 1. The first kappa shape index (κ1) is 43.7. The summed E-state index contributed by atoms with van der Waals surface area (Å²) in [5.74, 6) is -9.28. The molecule has 0 fully saturated rings. The number of nitrogens with one attached hydrogen (secondary N) is 5. The van der Waals surface area contributed by atoms with E-state index in [-0.39, 0.29) is 24.5 Å². The van der Waals surface area contributed by atoms with E-state index < -0.39 is 115 Å². The maximum atomic E-state index is 13.6. The number of phenols is 1. The molecular formula is C32H49N7O12. The average molecular weight is 724 g/mol. The molecule has 0 aliphatic rings. The molecule has 0 aromatic heterocycles. The van der Waals surface area contributed by atoms with Crippen LogP contribution < -0.4 is 38.1 Å². The lowest BCUT2D eigenvalue weighted by Gasteiger charge is -2.28. The van der Waals surface area contributed by atoms with Crippen molar-refractivity contribution in [2.24, 2.45) is 23.3 Å². The molecule has 0 saturated carbocycles. The standard InChI is InChI=1S/C32H49N7O12/c1-15(2)11-21(38-31(49)26(16(3)4)39-27(45)19(33)14-40)28(46)37-23(13-24(34)42)30(48)36-22(12-17-5-7-18(41)8-6-17)29(47)35-20(32(50)51)9-10-25(43)44/h5-8,15-16,19-23,26,40-41H,9-14,33H2,1-4H3,(H2,34,42)(H,35,47)(H,36,48)(H,37,46)(H,38,49)(H,39,45)(H,43,44)(H,50,51)/t19-,20-,21-,22-,23-,26-/m0/s1. The summed E-state index contributed by atoms with van der Waals surface area (Å²) >= 11 is 0. The summed E-state index contributed by atoms with van der Waals surface area (Å²) in [5.41, 5.74) is 11.3. The van der Waals surface area contributed by atoms with E-state index in [1.165, 1.54) is 24.3 Å². The molecule has 0 spiro atoms. The van der Waals surface area contributed by atoms with Gasteiger partial charge in [-0.2, -0.15) is 0 Å². The molecule has 0 saturated heterocycles. The molecule has 1 aromatic carbocycles. The van der Waals surface area contributed by atoms with Gasteiger partial charge in [0.05, 0.1) is 13.0 Å². The zero-order valence-electron chi connectivity index (χ0n) is 28.9. The lowest BCUT2D eigenvalue weighted by molar-refractivity contribution is -0.143. The third-order valence-corrected chi connectivity index (χ3v) is 7.43. The minimum atomic E-state index is -1.69. The first-order chi connectivity index (χ1) is 23.7. The molecule has 0 heterocycles. The van der Waals surface area contributed by atoms with Gasteiger partial charge < -0.3 is 58.5 Å². The number of aliphatic hydroxyl groups is 1. The Kier molecular flexibility index (Phi) is 18.0. The fourth-order valence-electron chi connectivity index (χ4n) is 4.67. The van der Waals surface area contributed by atoms with Crippen molar-refractivity contribution in [3.8, 4) is 5.75 Å².